The molecule has 0 bridgehead atoms. The van der Waals surface area contributed by atoms with E-state index >= 15 is 0 Å². The number of hydrogen-bond acceptors (Lipinski definition) is 1. The summed E-state index contributed by atoms with van der Waals surface area (Å²) in [4.78, 5) is 11.5. The van der Waals surface area contributed by atoms with Gasteiger partial charge in [0.05, 0.1) is 0 Å². The number of rotatable bonds is 6. The Hall–Kier alpha value is -0.0500. The van der Waals surface area contributed by atoms with E-state index in [4.69, 9.17) is 0 Å². The summed E-state index contributed by atoms with van der Waals surface area (Å²) in [5.41, 5.74) is 0. The van der Waals surface area contributed by atoms with E-state index < -0.39 is 0 Å². The minimum atomic E-state index is 0.282. The standard InChI is InChI=1S/C11H20BrNO/c1-2-9(6-7-12)8-13-11(14)10-4-3-5-10/h9-10H,2-8H2,1H3,(H,13,14). The third-order valence-electron chi connectivity index (χ3n) is 3.14. The molecule has 1 rings (SSSR count). The summed E-state index contributed by atoms with van der Waals surface area (Å²) in [5.74, 6) is 1.25. The van der Waals surface area contributed by atoms with Crippen molar-refractivity contribution >= 4 is 21.8 Å². The third kappa shape index (κ3) is 3.60. The van der Waals surface area contributed by atoms with Crippen LogP contribution in [0.15, 0.2) is 0 Å². The predicted octanol–water partition coefficient (Wildman–Crippen LogP) is 2.71. The van der Waals surface area contributed by atoms with Gasteiger partial charge < -0.3 is 5.32 Å². The summed E-state index contributed by atoms with van der Waals surface area (Å²) < 4.78 is 0. The molecule has 14 heavy (non-hydrogen) atoms. The molecule has 1 atom stereocenters. The first-order chi connectivity index (χ1) is 6.77. The molecular formula is C11H20BrNO. The Bertz CT molecular complexity index is 180. The van der Waals surface area contributed by atoms with Crippen molar-refractivity contribution in [2.24, 2.45) is 11.8 Å². The molecular weight excluding hydrogens is 242 g/mol. The second-order valence-electron chi connectivity index (χ2n) is 4.12. The SMILES string of the molecule is CCC(CCBr)CNC(=O)C1CCC1. The Morgan fingerprint density at radius 1 is 1.57 bits per heavy atom. The molecule has 0 aliphatic heterocycles. The van der Waals surface area contributed by atoms with Crippen molar-refractivity contribution in [3.05, 3.63) is 0 Å². The van der Waals surface area contributed by atoms with Crippen molar-refractivity contribution in [3.8, 4) is 0 Å². The molecule has 1 unspecified atom stereocenters. The van der Waals surface area contributed by atoms with Gasteiger partial charge in [-0.15, -0.1) is 0 Å². The summed E-state index contributed by atoms with van der Waals surface area (Å²) in [7, 11) is 0. The second kappa shape index (κ2) is 6.44. The van der Waals surface area contributed by atoms with Crippen LogP contribution in [-0.2, 0) is 4.79 Å². The number of halogens is 1. The van der Waals surface area contributed by atoms with Crippen molar-refractivity contribution in [2.45, 2.75) is 39.0 Å². The van der Waals surface area contributed by atoms with E-state index in [2.05, 4.69) is 28.2 Å². The van der Waals surface area contributed by atoms with Crippen LogP contribution in [0.1, 0.15) is 39.0 Å². The maximum Gasteiger partial charge on any atom is 0.223 e. The first-order valence-electron chi connectivity index (χ1n) is 5.61. The molecule has 0 aromatic heterocycles. The van der Waals surface area contributed by atoms with Crippen LogP contribution in [0, 0.1) is 11.8 Å². The van der Waals surface area contributed by atoms with Crippen LogP contribution < -0.4 is 5.32 Å². The summed E-state index contributed by atoms with van der Waals surface area (Å²) in [6, 6.07) is 0. The molecule has 1 N–H and O–H groups in total. The van der Waals surface area contributed by atoms with Crippen LogP contribution in [-0.4, -0.2) is 17.8 Å². The lowest BCUT2D eigenvalue weighted by Crippen LogP contribution is -2.37. The van der Waals surface area contributed by atoms with Gasteiger partial charge in [-0.25, -0.2) is 0 Å². The molecule has 0 heterocycles. The quantitative estimate of drug-likeness (QED) is 0.733. The number of amides is 1. The van der Waals surface area contributed by atoms with Gasteiger partial charge in [0.25, 0.3) is 0 Å². The van der Waals surface area contributed by atoms with Gasteiger partial charge in [0.1, 0.15) is 0 Å². The van der Waals surface area contributed by atoms with Gasteiger partial charge in [0.2, 0.25) is 5.91 Å². The van der Waals surface area contributed by atoms with E-state index in [1.165, 1.54) is 6.42 Å². The Morgan fingerprint density at radius 2 is 2.29 bits per heavy atom. The summed E-state index contributed by atoms with van der Waals surface area (Å²) in [6.45, 7) is 3.04. The molecule has 1 saturated carbocycles. The largest absolute Gasteiger partial charge is 0.356 e. The van der Waals surface area contributed by atoms with Gasteiger partial charge in [-0.05, 0) is 25.2 Å². The molecule has 3 heteroatoms. The predicted molar refractivity (Wildman–Crippen MR) is 62.5 cm³/mol. The molecule has 0 aromatic rings. The fourth-order valence-electron chi connectivity index (χ4n) is 1.66. The Kier molecular flexibility index (Phi) is 5.53. The fraction of sp³-hybridized carbons (Fsp3) is 0.909. The number of alkyl halides is 1. The zero-order chi connectivity index (χ0) is 10.4. The lowest BCUT2D eigenvalue weighted by molar-refractivity contribution is -0.127. The average molecular weight is 262 g/mol. The maximum atomic E-state index is 11.5. The van der Waals surface area contributed by atoms with E-state index in [0.29, 0.717) is 11.8 Å². The molecule has 1 aliphatic carbocycles. The average Bonchev–Trinajstić information content (AvgIpc) is 2.09. The van der Waals surface area contributed by atoms with Crippen molar-refractivity contribution < 1.29 is 4.79 Å². The smallest absolute Gasteiger partial charge is 0.223 e. The zero-order valence-corrected chi connectivity index (χ0v) is 10.5. The highest BCUT2D eigenvalue weighted by Crippen LogP contribution is 2.26. The van der Waals surface area contributed by atoms with Crippen molar-refractivity contribution in [3.63, 3.8) is 0 Å². The highest BCUT2D eigenvalue weighted by atomic mass is 79.9. The number of nitrogens with one attached hydrogen (secondary N) is 1. The molecule has 1 aliphatic rings. The lowest BCUT2D eigenvalue weighted by Gasteiger charge is -2.25. The molecule has 82 valence electrons. The van der Waals surface area contributed by atoms with Gasteiger partial charge in [0, 0.05) is 17.8 Å². The maximum absolute atomic E-state index is 11.5. The highest BCUT2D eigenvalue weighted by Gasteiger charge is 2.25. The van der Waals surface area contributed by atoms with Gasteiger partial charge in [-0.1, -0.05) is 35.7 Å². The summed E-state index contributed by atoms with van der Waals surface area (Å²) in [5, 5.41) is 4.09. The number of hydrogen-bond donors (Lipinski definition) is 1. The Labute approximate surface area is 95.0 Å². The van der Waals surface area contributed by atoms with E-state index in [0.717, 1.165) is 37.6 Å². The zero-order valence-electron chi connectivity index (χ0n) is 8.89. The summed E-state index contributed by atoms with van der Waals surface area (Å²) >= 11 is 3.44. The van der Waals surface area contributed by atoms with E-state index in [-0.39, 0.29) is 5.91 Å². The van der Waals surface area contributed by atoms with Crippen LogP contribution in [0.5, 0.6) is 0 Å². The molecule has 2 nitrogen and oxygen atoms in total. The molecule has 0 saturated heterocycles. The van der Waals surface area contributed by atoms with Crippen LogP contribution >= 0.6 is 15.9 Å². The molecule has 0 radical (unpaired) electrons. The molecule has 0 spiro atoms. The first-order valence-corrected chi connectivity index (χ1v) is 6.73. The van der Waals surface area contributed by atoms with Crippen LogP contribution in [0.2, 0.25) is 0 Å². The van der Waals surface area contributed by atoms with Gasteiger partial charge in [-0.2, -0.15) is 0 Å². The fourth-order valence-corrected chi connectivity index (χ4v) is 2.31. The first kappa shape index (κ1) is 12.0. The molecule has 0 aromatic carbocycles. The topological polar surface area (TPSA) is 29.1 Å². The number of carbonyl (C=O) groups excluding carboxylic acids is 1. The van der Waals surface area contributed by atoms with Crippen molar-refractivity contribution in [1.29, 1.82) is 0 Å². The number of carbonyl (C=O) groups is 1. The van der Waals surface area contributed by atoms with Gasteiger partial charge in [0.15, 0.2) is 0 Å². The van der Waals surface area contributed by atoms with Crippen LogP contribution in [0.4, 0.5) is 0 Å². The monoisotopic (exact) mass is 261 g/mol. The van der Waals surface area contributed by atoms with Crippen LogP contribution in [0.25, 0.3) is 0 Å². The van der Waals surface area contributed by atoms with E-state index in [1.807, 2.05) is 0 Å². The minimum absolute atomic E-state index is 0.282. The minimum Gasteiger partial charge on any atom is -0.356 e. The van der Waals surface area contributed by atoms with Gasteiger partial charge in [-0.3, -0.25) is 4.79 Å². The van der Waals surface area contributed by atoms with E-state index in [9.17, 15) is 4.79 Å². The third-order valence-corrected chi connectivity index (χ3v) is 3.59. The molecule has 1 fully saturated rings. The van der Waals surface area contributed by atoms with Crippen molar-refractivity contribution in [2.75, 3.05) is 11.9 Å². The van der Waals surface area contributed by atoms with Crippen molar-refractivity contribution in [1.82, 2.24) is 5.32 Å². The Balaban J connectivity index is 2.13. The van der Waals surface area contributed by atoms with E-state index in [1.54, 1.807) is 0 Å². The summed E-state index contributed by atoms with van der Waals surface area (Å²) in [6.07, 6.45) is 5.73. The lowest BCUT2D eigenvalue weighted by atomic mass is 9.84. The Morgan fingerprint density at radius 3 is 2.71 bits per heavy atom. The van der Waals surface area contributed by atoms with Crippen LogP contribution in [0.3, 0.4) is 0 Å². The molecule has 1 amide bonds. The van der Waals surface area contributed by atoms with Gasteiger partial charge >= 0.3 is 0 Å². The second-order valence-corrected chi connectivity index (χ2v) is 4.92. The highest BCUT2D eigenvalue weighted by molar-refractivity contribution is 9.09. The normalized spacial score (nSPS) is 18.7.